The smallest absolute Gasteiger partial charge is 0.186 e. The van der Waals surface area contributed by atoms with Crippen LogP contribution in [0.4, 0.5) is 10.2 Å². The Labute approximate surface area is 95.5 Å². The molecule has 0 fully saturated rings. The summed E-state index contributed by atoms with van der Waals surface area (Å²) in [5.41, 5.74) is 5.89. The molecule has 0 saturated heterocycles. The molecule has 3 N–H and O–H groups in total. The van der Waals surface area contributed by atoms with Crippen LogP contribution in [-0.4, -0.2) is 23.1 Å². The Morgan fingerprint density at radius 3 is 2.88 bits per heavy atom. The fourth-order valence-electron chi connectivity index (χ4n) is 1.43. The highest BCUT2D eigenvalue weighted by Gasteiger charge is 2.10. The van der Waals surface area contributed by atoms with Crippen LogP contribution in [0.25, 0.3) is 0 Å². The monoisotopic (exact) mass is 226 g/mol. The van der Waals surface area contributed by atoms with Crippen molar-refractivity contribution in [1.29, 1.82) is 0 Å². The van der Waals surface area contributed by atoms with E-state index in [1.807, 2.05) is 6.92 Å². The molecule has 4 nitrogen and oxygen atoms in total. The van der Waals surface area contributed by atoms with Crippen molar-refractivity contribution < 1.29 is 4.39 Å². The predicted octanol–water partition coefficient (Wildman–Crippen LogP) is 1.57. The van der Waals surface area contributed by atoms with Crippen molar-refractivity contribution in [2.75, 3.05) is 18.4 Å². The highest BCUT2D eigenvalue weighted by molar-refractivity contribution is 5.37. The van der Waals surface area contributed by atoms with Crippen LogP contribution in [0.5, 0.6) is 0 Å². The van der Waals surface area contributed by atoms with Gasteiger partial charge < -0.3 is 11.1 Å². The lowest BCUT2D eigenvalue weighted by atomic mass is 10.1. The molecule has 1 unspecified atom stereocenters. The molecule has 5 heteroatoms. The zero-order valence-corrected chi connectivity index (χ0v) is 9.83. The van der Waals surface area contributed by atoms with Gasteiger partial charge in [-0.1, -0.05) is 13.8 Å². The van der Waals surface area contributed by atoms with Crippen molar-refractivity contribution in [3.05, 3.63) is 17.8 Å². The van der Waals surface area contributed by atoms with Crippen molar-refractivity contribution in [3.63, 3.8) is 0 Å². The fraction of sp³-hybridized carbons (Fsp3) is 0.636. The Kier molecular flexibility index (Phi) is 5.11. The van der Waals surface area contributed by atoms with Gasteiger partial charge in [0, 0.05) is 6.54 Å². The van der Waals surface area contributed by atoms with E-state index < -0.39 is 0 Å². The SMILES string of the molecule is CCc1ncnc(NCC(C)CCN)c1F. The molecule has 1 aromatic rings. The molecule has 1 aromatic heterocycles. The Morgan fingerprint density at radius 1 is 1.50 bits per heavy atom. The van der Waals surface area contributed by atoms with Gasteiger partial charge >= 0.3 is 0 Å². The van der Waals surface area contributed by atoms with Gasteiger partial charge in [0.1, 0.15) is 6.33 Å². The number of hydrogen-bond acceptors (Lipinski definition) is 4. The number of nitrogens with zero attached hydrogens (tertiary/aromatic N) is 2. The topological polar surface area (TPSA) is 63.8 Å². The van der Waals surface area contributed by atoms with Gasteiger partial charge in [-0.3, -0.25) is 0 Å². The van der Waals surface area contributed by atoms with Gasteiger partial charge in [0.2, 0.25) is 0 Å². The summed E-state index contributed by atoms with van der Waals surface area (Å²) < 4.78 is 13.7. The predicted molar refractivity (Wildman–Crippen MR) is 62.7 cm³/mol. The first kappa shape index (κ1) is 12.8. The van der Waals surface area contributed by atoms with E-state index in [1.54, 1.807) is 0 Å². The summed E-state index contributed by atoms with van der Waals surface area (Å²) in [5.74, 6) is 0.352. The maximum Gasteiger partial charge on any atom is 0.186 e. The number of halogens is 1. The maximum atomic E-state index is 13.7. The van der Waals surface area contributed by atoms with Gasteiger partial charge in [0.25, 0.3) is 0 Å². The molecule has 0 saturated carbocycles. The molecule has 0 aliphatic carbocycles. The largest absolute Gasteiger partial charge is 0.367 e. The number of aryl methyl sites for hydroxylation is 1. The van der Waals surface area contributed by atoms with Gasteiger partial charge in [-0.15, -0.1) is 0 Å². The molecule has 16 heavy (non-hydrogen) atoms. The number of rotatable bonds is 6. The van der Waals surface area contributed by atoms with E-state index in [0.717, 1.165) is 6.42 Å². The van der Waals surface area contributed by atoms with E-state index in [0.29, 0.717) is 31.1 Å². The molecule has 1 atom stereocenters. The Morgan fingerprint density at radius 2 is 2.25 bits per heavy atom. The minimum absolute atomic E-state index is 0.288. The highest BCUT2D eigenvalue weighted by atomic mass is 19.1. The van der Waals surface area contributed by atoms with Gasteiger partial charge in [-0.25, -0.2) is 14.4 Å². The summed E-state index contributed by atoms with van der Waals surface area (Å²) in [7, 11) is 0. The summed E-state index contributed by atoms with van der Waals surface area (Å²) in [4.78, 5) is 7.77. The van der Waals surface area contributed by atoms with Crippen LogP contribution in [-0.2, 0) is 6.42 Å². The summed E-state index contributed by atoms with van der Waals surface area (Å²) >= 11 is 0. The Bertz CT molecular complexity index is 330. The average molecular weight is 226 g/mol. The van der Waals surface area contributed by atoms with E-state index in [1.165, 1.54) is 6.33 Å². The summed E-state index contributed by atoms with van der Waals surface area (Å²) in [6.07, 6.45) is 2.87. The standard InChI is InChI=1S/C11H19FN4/c1-3-9-10(12)11(16-7-15-9)14-6-8(2)4-5-13/h7-8H,3-6,13H2,1-2H3,(H,14,15,16). The first-order valence-electron chi connectivity index (χ1n) is 5.62. The quantitative estimate of drug-likeness (QED) is 0.773. The number of hydrogen-bond donors (Lipinski definition) is 2. The zero-order valence-electron chi connectivity index (χ0n) is 9.83. The lowest BCUT2D eigenvalue weighted by molar-refractivity contribution is 0.558. The molecule has 0 aliphatic rings. The van der Waals surface area contributed by atoms with Crippen LogP contribution in [0, 0.1) is 11.7 Å². The summed E-state index contributed by atoms with van der Waals surface area (Å²) in [5, 5.41) is 2.99. The highest BCUT2D eigenvalue weighted by Crippen LogP contribution is 2.14. The number of nitrogens with one attached hydrogen (secondary N) is 1. The van der Waals surface area contributed by atoms with Crippen molar-refractivity contribution in [3.8, 4) is 0 Å². The van der Waals surface area contributed by atoms with Crippen molar-refractivity contribution in [2.45, 2.75) is 26.7 Å². The molecule has 0 bridgehead atoms. The third-order valence-corrected chi connectivity index (χ3v) is 2.47. The molecular weight excluding hydrogens is 207 g/mol. The van der Waals surface area contributed by atoms with E-state index in [-0.39, 0.29) is 11.6 Å². The van der Waals surface area contributed by atoms with Crippen LogP contribution in [0.3, 0.4) is 0 Å². The van der Waals surface area contributed by atoms with E-state index in [4.69, 9.17) is 5.73 Å². The molecule has 1 heterocycles. The molecule has 0 spiro atoms. The van der Waals surface area contributed by atoms with E-state index >= 15 is 0 Å². The third kappa shape index (κ3) is 3.41. The summed E-state index contributed by atoms with van der Waals surface area (Å²) in [6, 6.07) is 0. The molecule has 0 amide bonds. The van der Waals surface area contributed by atoms with Gasteiger partial charge in [-0.2, -0.15) is 0 Å². The summed E-state index contributed by atoms with van der Waals surface area (Å²) in [6.45, 7) is 5.26. The first-order chi connectivity index (χ1) is 7.69. The average Bonchev–Trinajstić information content (AvgIpc) is 2.28. The molecule has 1 rings (SSSR count). The maximum absolute atomic E-state index is 13.7. The van der Waals surface area contributed by atoms with E-state index in [2.05, 4.69) is 22.2 Å². The van der Waals surface area contributed by atoms with Crippen LogP contribution in [0.1, 0.15) is 26.0 Å². The second-order valence-corrected chi connectivity index (χ2v) is 3.90. The molecular formula is C11H19FN4. The normalized spacial score (nSPS) is 12.5. The van der Waals surface area contributed by atoms with Gasteiger partial charge in [-0.05, 0) is 25.3 Å². The zero-order chi connectivity index (χ0) is 12.0. The molecule has 90 valence electrons. The van der Waals surface area contributed by atoms with Crippen molar-refractivity contribution in [2.24, 2.45) is 11.7 Å². The number of nitrogens with two attached hydrogens (primary N) is 1. The van der Waals surface area contributed by atoms with Gasteiger partial charge in [0.05, 0.1) is 5.69 Å². The van der Waals surface area contributed by atoms with Crippen LogP contribution in [0.2, 0.25) is 0 Å². The second kappa shape index (κ2) is 6.37. The van der Waals surface area contributed by atoms with Crippen LogP contribution in [0.15, 0.2) is 6.33 Å². The Hall–Kier alpha value is -1.23. The molecule has 0 radical (unpaired) electrons. The third-order valence-electron chi connectivity index (χ3n) is 2.47. The van der Waals surface area contributed by atoms with Crippen molar-refractivity contribution in [1.82, 2.24) is 9.97 Å². The second-order valence-electron chi connectivity index (χ2n) is 3.90. The van der Waals surface area contributed by atoms with Crippen molar-refractivity contribution >= 4 is 5.82 Å². The molecule has 0 aromatic carbocycles. The lowest BCUT2D eigenvalue weighted by Crippen LogP contribution is -2.17. The number of anilines is 1. The minimum atomic E-state index is -0.343. The first-order valence-corrected chi connectivity index (χ1v) is 5.62. The lowest BCUT2D eigenvalue weighted by Gasteiger charge is -2.12. The number of aromatic nitrogens is 2. The Balaban J connectivity index is 2.60. The van der Waals surface area contributed by atoms with Gasteiger partial charge in [0.15, 0.2) is 11.6 Å². The van der Waals surface area contributed by atoms with E-state index in [9.17, 15) is 4.39 Å². The minimum Gasteiger partial charge on any atom is -0.367 e. The molecule has 0 aliphatic heterocycles. The van der Waals surface area contributed by atoms with Crippen LogP contribution < -0.4 is 11.1 Å². The van der Waals surface area contributed by atoms with Crippen LogP contribution >= 0.6 is 0 Å². The fourth-order valence-corrected chi connectivity index (χ4v) is 1.43.